The van der Waals surface area contributed by atoms with Gasteiger partial charge in [0.25, 0.3) is 0 Å². The number of carbonyl (C=O) groups excluding carboxylic acids is 1. The van der Waals surface area contributed by atoms with Crippen LogP contribution in [0.5, 0.6) is 0 Å². The van der Waals surface area contributed by atoms with Crippen molar-refractivity contribution in [3.8, 4) is 0 Å². The average molecular weight is 316 g/mol. The maximum Gasteiger partial charge on any atom is 0.139 e. The molecule has 1 heterocycles. The van der Waals surface area contributed by atoms with Gasteiger partial charge in [-0.3, -0.25) is 4.79 Å². The molecular weight excluding hydrogens is 284 g/mol. The van der Waals surface area contributed by atoms with Crippen molar-refractivity contribution in [3.05, 3.63) is 0 Å². The number of Topliss-reactive ketones (excluding diaryl/α,β-unsaturated/α-hetero) is 1. The summed E-state index contributed by atoms with van der Waals surface area (Å²) in [7, 11) is 0. The zero-order valence-electron chi connectivity index (χ0n) is 14.9. The molecule has 0 amide bonds. The Bertz CT molecular complexity index is 536. The van der Waals surface area contributed by atoms with Crippen molar-refractivity contribution in [2.24, 2.45) is 34.5 Å². The smallest absolute Gasteiger partial charge is 0.139 e. The molecule has 0 aromatic carbocycles. The summed E-state index contributed by atoms with van der Waals surface area (Å²) in [6.07, 6.45) is 12.7. The van der Waals surface area contributed by atoms with Gasteiger partial charge in [0.2, 0.25) is 0 Å². The lowest BCUT2D eigenvalue weighted by molar-refractivity contribution is -0.144. The molecule has 5 rings (SSSR count). The van der Waals surface area contributed by atoms with Crippen molar-refractivity contribution in [2.45, 2.75) is 83.7 Å². The van der Waals surface area contributed by atoms with Crippen molar-refractivity contribution in [2.75, 3.05) is 6.61 Å². The first-order chi connectivity index (χ1) is 11.0. The van der Waals surface area contributed by atoms with E-state index < -0.39 is 0 Å². The van der Waals surface area contributed by atoms with Gasteiger partial charge in [-0.2, -0.15) is 0 Å². The van der Waals surface area contributed by atoms with Crippen LogP contribution in [0.25, 0.3) is 0 Å². The normalized spacial score (nSPS) is 57.7. The molecule has 4 saturated carbocycles. The highest BCUT2D eigenvalue weighted by atomic mass is 16.6. The van der Waals surface area contributed by atoms with E-state index in [1.807, 2.05) is 0 Å². The predicted octanol–water partition coefficient (Wildman–Crippen LogP) is 4.76. The van der Waals surface area contributed by atoms with Crippen LogP contribution in [0, 0.1) is 34.5 Å². The second kappa shape index (κ2) is 4.62. The molecule has 7 atom stereocenters. The molecule has 5 aliphatic rings. The van der Waals surface area contributed by atoms with Gasteiger partial charge in [-0.1, -0.05) is 13.8 Å². The number of hydrogen-bond donors (Lipinski definition) is 0. The van der Waals surface area contributed by atoms with Crippen LogP contribution in [-0.2, 0) is 9.53 Å². The second-order valence-corrected chi connectivity index (χ2v) is 9.83. The number of carbonyl (C=O) groups is 1. The van der Waals surface area contributed by atoms with E-state index in [1.54, 1.807) is 0 Å². The Labute approximate surface area is 140 Å². The molecule has 23 heavy (non-hydrogen) atoms. The van der Waals surface area contributed by atoms with Crippen LogP contribution in [0.15, 0.2) is 0 Å². The molecule has 0 N–H and O–H groups in total. The highest BCUT2D eigenvalue weighted by Crippen LogP contribution is 2.68. The molecule has 1 spiro atoms. The molecule has 0 aromatic rings. The molecular formula is C21H32O2. The summed E-state index contributed by atoms with van der Waals surface area (Å²) < 4.78 is 5.87. The first-order valence-electron chi connectivity index (χ1n) is 10.2. The number of hydrogen-bond acceptors (Lipinski definition) is 2. The largest absolute Gasteiger partial charge is 0.370 e. The summed E-state index contributed by atoms with van der Waals surface area (Å²) >= 11 is 0. The number of ether oxygens (including phenoxy) is 1. The van der Waals surface area contributed by atoms with Crippen LogP contribution in [0.3, 0.4) is 0 Å². The standard InChI is InChI=1S/C21H32O2/c1-3-21-11-10-20(13-23-20)12-14(21)4-5-15-16-6-7-18(22)19(16,2)9-8-17(15)21/h14-17H,3-13H2,1-2H3/t14-,15-,16-,17-,19-,20+,21-/m0/s1. The average Bonchev–Trinajstić information content (AvgIpc) is 3.24. The molecule has 0 aromatic heterocycles. The van der Waals surface area contributed by atoms with Crippen LogP contribution in [0.4, 0.5) is 0 Å². The molecule has 0 unspecified atom stereocenters. The first-order valence-corrected chi connectivity index (χ1v) is 10.2. The summed E-state index contributed by atoms with van der Waals surface area (Å²) in [5.74, 6) is 3.91. The number of epoxide rings is 1. The lowest BCUT2D eigenvalue weighted by Gasteiger charge is -2.61. The lowest BCUT2D eigenvalue weighted by atomic mass is 9.43. The number of ketones is 1. The van der Waals surface area contributed by atoms with Crippen molar-refractivity contribution in [1.82, 2.24) is 0 Å². The summed E-state index contributed by atoms with van der Waals surface area (Å²) in [4.78, 5) is 12.5. The van der Waals surface area contributed by atoms with Gasteiger partial charge in [0, 0.05) is 11.8 Å². The Morgan fingerprint density at radius 3 is 2.65 bits per heavy atom. The van der Waals surface area contributed by atoms with Crippen molar-refractivity contribution in [3.63, 3.8) is 0 Å². The molecule has 1 saturated heterocycles. The predicted molar refractivity (Wildman–Crippen MR) is 90.0 cm³/mol. The Morgan fingerprint density at radius 1 is 1.09 bits per heavy atom. The van der Waals surface area contributed by atoms with Gasteiger partial charge in [0.05, 0.1) is 12.2 Å². The molecule has 0 radical (unpaired) electrons. The van der Waals surface area contributed by atoms with Gasteiger partial charge in [0.15, 0.2) is 0 Å². The Kier molecular flexibility index (Phi) is 3.00. The molecule has 128 valence electrons. The highest BCUT2D eigenvalue weighted by Gasteiger charge is 2.64. The third-order valence-corrected chi connectivity index (χ3v) is 9.42. The van der Waals surface area contributed by atoms with Gasteiger partial charge in [-0.25, -0.2) is 0 Å². The monoisotopic (exact) mass is 316 g/mol. The SMILES string of the molecule is CC[C@]12CC[C@]3(CO3)C[C@@H]1CC[C@@H]1[C@@H]2CC[C@]2(C)C(=O)CC[C@@H]12. The van der Waals surface area contributed by atoms with E-state index in [0.29, 0.717) is 22.7 Å². The fourth-order valence-electron chi connectivity index (χ4n) is 7.96. The van der Waals surface area contributed by atoms with Crippen molar-refractivity contribution >= 4 is 5.78 Å². The maximum atomic E-state index is 12.5. The van der Waals surface area contributed by atoms with Crippen molar-refractivity contribution < 1.29 is 9.53 Å². The van der Waals surface area contributed by atoms with E-state index in [-0.39, 0.29) is 5.41 Å². The molecule has 1 aliphatic heterocycles. The lowest BCUT2D eigenvalue weighted by Crippen LogP contribution is -2.55. The number of fused-ring (bicyclic) bond motifs is 5. The zero-order valence-corrected chi connectivity index (χ0v) is 14.9. The van der Waals surface area contributed by atoms with Gasteiger partial charge in [-0.05, 0) is 86.9 Å². The zero-order chi connectivity index (χ0) is 15.9. The summed E-state index contributed by atoms with van der Waals surface area (Å²) in [6.45, 7) is 5.79. The minimum absolute atomic E-state index is 0.0401. The Morgan fingerprint density at radius 2 is 1.91 bits per heavy atom. The molecule has 2 heteroatoms. The van der Waals surface area contributed by atoms with Crippen LogP contribution in [0.2, 0.25) is 0 Å². The van der Waals surface area contributed by atoms with E-state index in [0.717, 1.165) is 30.8 Å². The Hall–Kier alpha value is -0.370. The fraction of sp³-hybridized carbons (Fsp3) is 0.952. The van der Waals surface area contributed by atoms with E-state index in [4.69, 9.17) is 4.74 Å². The molecule has 2 nitrogen and oxygen atoms in total. The summed E-state index contributed by atoms with van der Waals surface area (Å²) in [6, 6.07) is 0. The topological polar surface area (TPSA) is 29.6 Å². The first kappa shape index (κ1) is 14.9. The summed E-state index contributed by atoms with van der Waals surface area (Å²) in [5, 5.41) is 0. The molecule has 0 bridgehead atoms. The minimum atomic E-state index is 0.0401. The third kappa shape index (κ3) is 1.82. The minimum Gasteiger partial charge on any atom is -0.370 e. The third-order valence-electron chi connectivity index (χ3n) is 9.42. The van der Waals surface area contributed by atoms with Gasteiger partial charge in [-0.15, -0.1) is 0 Å². The van der Waals surface area contributed by atoms with E-state index >= 15 is 0 Å². The quantitative estimate of drug-likeness (QED) is 0.653. The highest BCUT2D eigenvalue weighted by molar-refractivity contribution is 5.87. The van der Waals surface area contributed by atoms with Crippen LogP contribution < -0.4 is 0 Å². The van der Waals surface area contributed by atoms with E-state index in [2.05, 4.69) is 13.8 Å². The molecule has 4 aliphatic carbocycles. The van der Waals surface area contributed by atoms with Crippen LogP contribution >= 0.6 is 0 Å². The fourth-order valence-corrected chi connectivity index (χ4v) is 7.96. The molecule has 5 fully saturated rings. The van der Waals surface area contributed by atoms with Crippen molar-refractivity contribution in [1.29, 1.82) is 0 Å². The van der Waals surface area contributed by atoms with Crippen LogP contribution in [-0.4, -0.2) is 18.0 Å². The van der Waals surface area contributed by atoms with Crippen LogP contribution in [0.1, 0.15) is 78.1 Å². The van der Waals surface area contributed by atoms with E-state index in [9.17, 15) is 4.79 Å². The maximum absolute atomic E-state index is 12.5. The number of rotatable bonds is 1. The van der Waals surface area contributed by atoms with Gasteiger partial charge in [0.1, 0.15) is 5.78 Å². The summed E-state index contributed by atoms with van der Waals surface area (Å²) in [5.41, 5.74) is 0.925. The second-order valence-electron chi connectivity index (χ2n) is 9.83. The van der Waals surface area contributed by atoms with E-state index in [1.165, 1.54) is 57.8 Å². The Balaban J connectivity index is 1.47. The van der Waals surface area contributed by atoms with Gasteiger partial charge < -0.3 is 4.74 Å². The van der Waals surface area contributed by atoms with Gasteiger partial charge >= 0.3 is 0 Å².